The molecule has 0 fully saturated rings. The van der Waals surface area contributed by atoms with E-state index in [1.54, 1.807) is 18.2 Å². The number of unbranched alkanes of at least 4 members (excludes halogenated alkanes) is 1. The molecule has 0 spiro atoms. The maximum absolute atomic E-state index is 11.8. The summed E-state index contributed by atoms with van der Waals surface area (Å²) in [6, 6.07) is 6.52. The molecule has 1 amide bonds. The van der Waals surface area contributed by atoms with E-state index in [0.29, 0.717) is 5.92 Å². The summed E-state index contributed by atoms with van der Waals surface area (Å²) in [7, 11) is 0. The number of phenols is 1. The van der Waals surface area contributed by atoms with Crippen molar-refractivity contribution in [2.75, 3.05) is 6.54 Å². The molecule has 0 saturated heterocycles. The van der Waals surface area contributed by atoms with Gasteiger partial charge in [-0.25, -0.2) is 5.43 Å². The molecule has 4 nitrogen and oxygen atoms in total. The number of hydrogen-bond acceptors (Lipinski definition) is 3. The Labute approximate surface area is 115 Å². The first-order chi connectivity index (χ1) is 9.19. The summed E-state index contributed by atoms with van der Waals surface area (Å²) in [6.45, 7) is 5.10. The van der Waals surface area contributed by atoms with Crippen molar-refractivity contribution in [2.24, 2.45) is 5.92 Å². The summed E-state index contributed by atoms with van der Waals surface area (Å²) >= 11 is 0. The summed E-state index contributed by atoms with van der Waals surface area (Å²) in [5.41, 5.74) is 5.88. The van der Waals surface area contributed by atoms with E-state index >= 15 is 0 Å². The Balaban J connectivity index is 2.36. The molecule has 0 bridgehead atoms. The summed E-state index contributed by atoms with van der Waals surface area (Å²) in [6.07, 6.45) is 4.68. The predicted octanol–water partition coefficient (Wildman–Crippen LogP) is 2.84. The molecule has 0 heterocycles. The van der Waals surface area contributed by atoms with Gasteiger partial charge in [-0.2, -0.15) is 0 Å². The SMILES string of the molecule is CCCCC(CC)CNNC(=O)c1ccccc1O. The topological polar surface area (TPSA) is 61.4 Å². The number of nitrogens with one attached hydrogen (secondary N) is 2. The first kappa shape index (κ1) is 15.5. The lowest BCUT2D eigenvalue weighted by Crippen LogP contribution is -2.40. The van der Waals surface area contributed by atoms with Gasteiger partial charge in [-0.15, -0.1) is 0 Å². The van der Waals surface area contributed by atoms with Crippen molar-refractivity contribution in [3.8, 4) is 5.75 Å². The van der Waals surface area contributed by atoms with Crippen LogP contribution < -0.4 is 10.9 Å². The summed E-state index contributed by atoms with van der Waals surface area (Å²) in [5, 5.41) is 9.56. The number of hydrazine groups is 1. The van der Waals surface area contributed by atoms with Gasteiger partial charge in [0.15, 0.2) is 0 Å². The molecule has 1 aromatic rings. The molecule has 1 rings (SSSR count). The third-order valence-corrected chi connectivity index (χ3v) is 3.28. The van der Waals surface area contributed by atoms with Crippen LogP contribution in [0.4, 0.5) is 0 Å². The molecule has 0 saturated carbocycles. The third kappa shape index (κ3) is 5.30. The van der Waals surface area contributed by atoms with E-state index < -0.39 is 0 Å². The van der Waals surface area contributed by atoms with Crippen LogP contribution in [-0.2, 0) is 0 Å². The van der Waals surface area contributed by atoms with Crippen molar-refractivity contribution in [3.63, 3.8) is 0 Å². The molecule has 1 aromatic carbocycles. The van der Waals surface area contributed by atoms with Crippen LogP contribution in [0.3, 0.4) is 0 Å². The lowest BCUT2D eigenvalue weighted by atomic mass is 10.00. The number of carbonyl (C=O) groups excluding carboxylic acids is 1. The van der Waals surface area contributed by atoms with Crippen LogP contribution in [0, 0.1) is 5.92 Å². The smallest absolute Gasteiger partial charge is 0.269 e. The van der Waals surface area contributed by atoms with Crippen LogP contribution in [0.1, 0.15) is 49.9 Å². The van der Waals surface area contributed by atoms with Crippen molar-refractivity contribution < 1.29 is 9.90 Å². The number of benzene rings is 1. The Morgan fingerprint density at radius 3 is 2.68 bits per heavy atom. The minimum Gasteiger partial charge on any atom is -0.507 e. The predicted molar refractivity (Wildman–Crippen MR) is 76.9 cm³/mol. The zero-order valence-corrected chi connectivity index (χ0v) is 11.8. The standard InChI is InChI=1S/C15H24N2O2/c1-3-5-8-12(4-2)11-16-17-15(19)13-9-6-7-10-14(13)18/h6-7,9-10,12,16,18H,3-5,8,11H2,1-2H3,(H,17,19). The quantitative estimate of drug-likeness (QED) is 0.633. The van der Waals surface area contributed by atoms with Crippen molar-refractivity contribution >= 4 is 5.91 Å². The summed E-state index contributed by atoms with van der Waals surface area (Å²) in [4.78, 5) is 11.8. The fourth-order valence-corrected chi connectivity index (χ4v) is 1.95. The van der Waals surface area contributed by atoms with E-state index in [9.17, 15) is 9.90 Å². The Morgan fingerprint density at radius 2 is 2.05 bits per heavy atom. The van der Waals surface area contributed by atoms with Gasteiger partial charge in [-0.3, -0.25) is 10.2 Å². The highest BCUT2D eigenvalue weighted by molar-refractivity contribution is 5.96. The molecule has 1 unspecified atom stereocenters. The number of amides is 1. The van der Waals surface area contributed by atoms with E-state index in [-0.39, 0.29) is 17.2 Å². The van der Waals surface area contributed by atoms with Crippen molar-refractivity contribution in [1.82, 2.24) is 10.9 Å². The van der Waals surface area contributed by atoms with E-state index in [1.165, 1.54) is 25.3 Å². The van der Waals surface area contributed by atoms with Gasteiger partial charge in [0.2, 0.25) is 0 Å². The largest absolute Gasteiger partial charge is 0.507 e. The first-order valence-corrected chi connectivity index (χ1v) is 7.00. The molecule has 106 valence electrons. The average Bonchev–Trinajstić information content (AvgIpc) is 2.42. The number of rotatable bonds is 8. The fourth-order valence-electron chi connectivity index (χ4n) is 1.95. The molecule has 19 heavy (non-hydrogen) atoms. The van der Waals surface area contributed by atoms with Crippen LogP contribution in [0.5, 0.6) is 5.75 Å². The number of phenolic OH excluding ortho intramolecular Hbond substituents is 1. The van der Waals surface area contributed by atoms with Gasteiger partial charge < -0.3 is 5.11 Å². The Kier molecular flexibility index (Phi) is 6.97. The van der Waals surface area contributed by atoms with Crippen molar-refractivity contribution in [3.05, 3.63) is 29.8 Å². The van der Waals surface area contributed by atoms with Crippen LogP contribution in [0.2, 0.25) is 0 Å². The minimum absolute atomic E-state index is 0.000162. The summed E-state index contributed by atoms with van der Waals surface area (Å²) < 4.78 is 0. The molecule has 4 heteroatoms. The second-order valence-corrected chi connectivity index (χ2v) is 4.77. The van der Waals surface area contributed by atoms with Crippen LogP contribution in [0.15, 0.2) is 24.3 Å². The average molecular weight is 264 g/mol. The molecule has 0 aliphatic heterocycles. The summed E-state index contributed by atoms with van der Waals surface area (Å²) in [5.74, 6) is 0.271. The van der Waals surface area contributed by atoms with Crippen LogP contribution in [-0.4, -0.2) is 17.6 Å². The zero-order chi connectivity index (χ0) is 14.1. The Morgan fingerprint density at radius 1 is 1.32 bits per heavy atom. The van der Waals surface area contributed by atoms with Gasteiger partial charge in [0.25, 0.3) is 5.91 Å². The van der Waals surface area contributed by atoms with Gasteiger partial charge in [-0.1, -0.05) is 45.2 Å². The van der Waals surface area contributed by atoms with E-state index in [4.69, 9.17) is 0 Å². The van der Waals surface area contributed by atoms with E-state index in [2.05, 4.69) is 24.7 Å². The molecule has 0 aliphatic rings. The highest BCUT2D eigenvalue weighted by atomic mass is 16.3. The van der Waals surface area contributed by atoms with Gasteiger partial charge in [0.05, 0.1) is 5.56 Å². The van der Waals surface area contributed by atoms with Gasteiger partial charge >= 0.3 is 0 Å². The lowest BCUT2D eigenvalue weighted by Gasteiger charge is -2.16. The second kappa shape index (κ2) is 8.53. The van der Waals surface area contributed by atoms with Gasteiger partial charge in [0.1, 0.15) is 5.75 Å². The molecule has 3 N–H and O–H groups in total. The first-order valence-electron chi connectivity index (χ1n) is 7.00. The normalized spacial score (nSPS) is 12.1. The number of para-hydroxylation sites is 1. The fraction of sp³-hybridized carbons (Fsp3) is 0.533. The Bertz CT molecular complexity index is 393. The van der Waals surface area contributed by atoms with E-state index in [0.717, 1.165) is 13.0 Å². The molecule has 0 aliphatic carbocycles. The maximum atomic E-state index is 11.8. The monoisotopic (exact) mass is 264 g/mol. The third-order valence-electron chi connectivity index (χ3n) is 3.28. The van der Waals surface area contributed by atoms with Gasteiger partial charge in [0, 0.05) is 6.54 Å². The zero-order valence-electron chi connectivity index (χ0n) is 11.8. The number of aromatic hydroxyl groups is 1. The van der Waals surface area contributed by atoms with Crippen molar-refractivity contribution in [2.45, 2.75) is 39.5 Å². The number of carbonyl (C=O) groups is 1. The molecule has 1 atom stereocenters. The molecule has 0 radical (unpaired) electrons. The lowest BCUT2D eigenvalue weighted by molar-refractivity contribution is 0.0927. The highest BCUT2D eigenvalue weighted by Crippen LogP contribution is 2.15. The van der Waals surface area contributed by atoms with Crippen LogP contribution in [0.25, 0.3) is 0 Å². The van der Waals surface area contributed by atoms with E-state index in [1.807, 2.05) is 0 Å². The Hall–Kier alpha value is -1.55. The highest BCUT2D eigenvalue weighted by Gasteiger charge is 2.10. The van der Waals surface area contributed by atoms with Gasteiger partial charge in [-0.05, 0) is 24.5 Å². The molecular weight excluding hydrogens is 240 g/mol. The van der Waals surface area contributed by atoms with Crippen molar-refractivity contribution in [1.29, 1.82) is 0 Å². The molecule has 0 aromatic heterocycles. The number of hydrogen-bond donors (Lipinski definition) is 3. The van der Waals surface area contributed by atoms with Crippen LogP contribution >= 0.6 is 0 Å². The molecular formula is C15H24N2O2. The maximum Gasteiger partial charge on any atom is 0.269 e. The minimum atomic E-state index is -0.302. The second-order valence-electron chi connectivity index (χ2n) is 4.77.